The summed E-state index contributed by atoms with van der Waals surface area (Å²) in [6.45, 7) is 0.675. The van der Waals surface area contributed by atoms with Gasteiger partial charge in [-0.05, 0) is 45.1 Å². The third kappa shape index (κ3) is 6.59. The van der Waals surface area contributed by atoms with Crippen molar-refractivity contribution in [3.63, 3.8) is 0 Å². The van der Waals surface area contributed by atoms with Crippen LogP contribution in [0.3, 0.4) is 0 Å². The van der Waals surface area contributed by atoms with E-state index in [2.05, 4.69) is 5.32 Å². The Balaban J connectivity index is 2.12. The average molecular weight is 294 g/mol. The molecule has 1 aliphatic carbocycles. The highest BCUT2D eigenvalue weighted by molar-refractivity contribution is 5.76. The van der Waals surface area contributed by atoms with Crippen LogP contribution in [0, 0.1) is 5.92 Å². The molecule has 0 saturated heterocycles. The van der Waals surface area contributed by atoms with Gasteiger partial charge in [0.15, 0.2) is 0 Å². The fourth-order valence-corrected chi connectivity index (χ4v) is 2.65. The van der Waals surface area contributed by atoms with E-state index in [1.165, 1.54) is 0 Å². The topological polar surface area (TPSA) is 55.1 Å². The molecule has 1 fully saturated rings. The predicted octanol–water partition coefficient (Wildman–Crippen LogP) is 3.13. The van der Waals surface area contributed by atoms with E-state index in [4.69, 9.17) is 5.73 Å². The Morgan fingerprint density at radius 1 is 1.05 bits per heavy atom. The van der Waals surface area contributed by atoms with Crippen molar-refractivity contribution in [1.82, 2.24) is 5.32 Å². The second kappa shape index (κ2) is 8.49. The van der Waals surface area contributed by atoms with E-state index in [1.54, 1.807) is 0 Å². The second-order valence-electron chi connectivity index (χ2n) is 5.61. The van der Waals surface area contributed by atoms with E-state index < -0.39 is 12.1 Å². The lowest BCUT2D eigenvalue weighted by Gasteiger charge is -2.30. The van der Waals surface area contributed by atoms with Crippen LogP contribution in [0.4, 0.5) is 13.2 Å². The van der Waals surface area contributed by atoms with Gasteiger partial charge in [-0.2, -0.15) is 13.2 Å². The van der Waals surface area contributed by atoms with Gasteiger partial charge in [-0.25, -0.2) is 0 Å². The molecule has 1 amide bonds. The quantitative estimate of drug-likeness (QED) is 0.709. The largest absolute Gasteiger partial charge is 0.391 e. The van der Waals surface area contributed by atoms with Crippen molar-refractivity contribution in [1.29, 1.82) is 0 Å². The monoisotopic (exact) mass is 294 g/mol. The Kier molecular flexibility index (Phi) is 7.34. The minimum absolute atomic E-state index is 0.0341. The molecule has 0 unspecified atom stereocenters. The third-order valence-corrected chi connectivity index (χ3v) is 3.91. The minimum atomic E-state index is -4.09. The summed E-state index contributed by atoms with van der Waals surface area (Å²) in [7, 11) is 0. The predicted molar refractivity (Wildman–Crippen MR) is 72.1 cm³/mol. The fraction of sp³-hybridized carbons (Fsp3) is 0.929. The molecule has 0 heterocycles. The first-order valence-electron chi connectivity index (χ1n) is 7.49. The van der Waals surface area contributed by atoms with Crippen LogP contribution in [0.2, 0.25) is 0 Å². The normalized spacial score (nSPS) is 23.6. The van der Waals surface area contributed by atoms with Gasteiger partial charge in [0.05, 0.1) is 5.92 Å². The lowest BCUT2D eigenvalue weighted by atomic mass is 9.85. The fourth-order valence-electron chi connectivity index (χ4n) is 2.65. The van der Waals surface area contributed by atoms with Crippen LogP contribution in [0.5, 0.6) is 0 Å². The molecule has 0 aromatic rings. The smallest absolute Gasteiger partial charge is 0.353 e. The number of halogens is 3. The number of amides is 1. The molecule has 0 atom stereocenters. The number of alkyl halides is 3. The summed E-state index contributed by atoms with van der Waals surface area (Å²) >= 11 is 0. The van der Waals surface area contributed by atoms with Crippen molar-refractivity contribution in [2.45, 2.75) is 70.0 Å². The van der Waals surface area contributed by atoms with Crippen molar-refractivity contribution >= 4 is 5.91 Å². The molecule has 20 heavy (non-hydrogen) atoms. The van der Waals surface area contributed by atoms with Gasteiger partial charge in [-0.1, -0.05) is 12.8 Å². The van der Waals surface area contributed by atoms with Gasteiger partial charge in [0.1, 0.15) is 0 Å². The molecule has 0 radical (unpaired) electrons. The number of nitrogens with two attached hydrogens (primary N) is 1. The summed E-state index contributed by atoms with van der Waals surface area (Å²) in [5.74, 6) is -1.22. The highest BCUT2D eigenvalue weighted by Gasteiger charge is 2.41. The molecule has 0 spiro atoms. The number of unbranched alkanes of at least 4 members (excludes halogenated alkanes) is 3. The summed E-state index contributed by atoms with van der Waals surface area (Å²) < 4.78 is 37.5. The van der Waals surface area contributed by atoms with Gasteiger partial charge in [0.2, 0.25) is 5.91 Å². The second-order valence-corrected chi connectivity index (χ2v) is 5.61. The van der Waals surface area contributed by atoms with Gasteiger partial charge in [0.25, 0.3) is 0 Å². The molecule has 3 N–H and O–H groups in total. The lowest BCUT2D eigenvalue weighted by Crippen LogP contribution is -2.39. The minimum Gasteiger partial charge on any atom is -0.353 e. The highest BCUT2D eigenvalue weighted by atomic mass is 19.4. The Morgan fingerprint density at radius 3 is 2.20 bits per heavy atom. The Hall–Kier alpha value is -0.780. The molecule has 0 bridgehead atoms. The van der Waals surface area contributed by atoms with E-state index >= 15 is 0 Å². The SMILES string of the molecule is NCCCCCCC(=O)NC1CCC(C(F)(F)F)CC1. The summed E-state index contributed by atoms with van der Waals surface area (Å²) in [6, 6.07) is -0.0786. The van der Waals surface area contributed by atoms with Gasteiger partial charge >= 0.3 is 6.18 Å². The van der Waals surface area contributed by atoms with Gasteiger partial charge in [-0.3, -0.25) is 4.79 Å². The van der Waals surface area contributed by atoms with E-state index in [9.17, 15) is 18.0 Å². The maximum absolute atomic E-state index is 12.5. The third-order valence-electron chi connectivity index (χ3n) is 3.91. The molecule has 1 aliphatic rings. The number of hydrogen-bond donors (Lipinski definition) is 2. The maximum atomic E-state index is 12.5. The van der Waals surface area contributed by atoms with Crippen molar-refractivity contribution in [3.8, 4) is 0 Å². The Labute approximate surface area is 118 Å². The first-order chi connectivity index (χ1) is 9.43. The van der Waals surface area contributed by atoms with E-state index in [0.717, 1.165) is 25.7 Å². The summed E-state index contributed by atoms with van der Waals surface area (Å²) in [6.07, 6.45) is 1.31. The molecular formula is C14H25F3N2O. The van der Waals surface area contributed by atoms with Crippen molar-refractivity contribution in [2.24, 2.45) is 11.7 Å². The van der Waals surface area contributed by atoms with E-state index in [-0.39, 0.29) is 24.8 Å². The van der Waals surface area contributed by atoms with Crippen molar-refractivity contribution in [3.05, 3.63) is 0 Å². The molecule has 0 aromatic heterocycles. The van der Waals surface area contributed by atoms with Gasteiger partial charge in [-0.15, -0.1) is 0 Å². The molecule has 118 valence electrons. The van der Waals surface area contributed by atoms with Crippen LogP contribution in [-0.4, -0.2) is 24.7 Å². The molecule has 6 heteroatoms. The molecule has 3 nitrogen and oxygen atoms in total. The standard InChI is InChI=1S/C14H25F3N2O/c15-14(16,17)11-6-8-12(9-7-11)19-13(20)5-3-1-2-4-10-18/h11-12H,1-10,18H2,(H,19,20). The van der Waals surface area contributed by atoms with E-state index in [0.29, 0.717) is 25.8 Å². The average Bonchev–Trinajstić information content (AvgIpc) is 2.38. The van der Waals surface area contributed by atoms with E-state index in [1.807, 2.05) is 0 Å². The Bertz CT molecular complexity index is 287. The van der Waals surface area contributed by atoms with Crippen LogP contribution in [-0.2, 0) is 4.79 Å². The molecular weight excluding hydrogens is 269 g/mol. The van der Waals surface area contributed by atoms with Gasteiger partial charge < -0.3 is 11.1 Å². The lowest BCUT2D eigenvalue weighted by molar-refractivity contribution is -0.182. The zero-order valence-electron chi connectivity index (χ0n) is 11.8. The van der Waals surface area contributed by atoms with Crippen LogP contribution < -0.4 is 11.1 Å². The van der Waals surface area contributed by atoms with Crippen LogP contribution in [0.15, 0.2) is 0 Å². The first kappa shape index (κ1) is 17.3. The van der Waals surface area contributed by atoms with Crippen LogP contribution in [0.1, 0.15) is 57.8 Å². The van der Waals surface area contributed by atoms with Gasteiger partial charge in [0, 0.05) is 12.5 Å². The molecule has 1 saturated carbocycles. The summed E-state index contributed by atoms with van der Waals surface area (Å²) in [5.41, 5.74) is 5.38. The summed E-state index contributed by atoms with van der Waals surface area (Å²) in [4.78, 5) is 11.7. The number of nitrogens with one attached hydrogen (secondary N) is 1. The first-order valence-corrected chi connectivity index (χ1v) is 7.49. The van der Waals surface area contributed by atoms with Crippen LogP contribution in [0.25, 0.3) is 0 Å². The Morgan fingerprint density at radius 2 is 1.65 bits per heavy atom. The zero-order valence-corrected chi connectivity index (χ0v) is 11.8. The number of rotatable bonds is 7. The molecule has 0 aliphatic heterocycles. The number of hydrogen-bond acceptors (Lipinski definition) is 2. The highest BCUT2D eigenvalue weighted by Crippen LogP contribution is 2.37. The molecule has 0 aromatic carbocycles. The van der Waals surface area contributed by atoms with Crippen molar-refractivity contribution in [2.75, 3.05) is 6.54 Å². The molecule has 1 rings (SSSR count). The summed E-state index contributed by atoms with van der Waals surface area (Å²) in [5, 5.41) is 2.85. The zero-order chi connectivity index (χ0) is 15.0. The van der Waals surface area contributed by atoms with Crippen LogP contribution >= 0.6 is 0 Å². The number of carbonyl (C=O) groups excluding carboxylic acids is 1. The maximum Gasteiger partial charge on any atom is 0.391 e. The van der Waals surface area contributed by atoms with Crippen molar-refractivity contribution < 1.29 is 18.0 Å². The number of carbonyl (C=O) groups is 1.